The molecule has 28 heavy (non-hydrogen) atoms. The Kier molecular flexibility index (Phi) is 6.62. The topological polar surface area (TPSA) is 89.4 Å². The Morgan fingerprint density at radius 2 is 2.07 bits per heavy atom. The lowest BCUT2D eigenvalue weighted by molar-refractivity contribution is -0.135. The lowest BCUT2D eigenvalue weighted by Gasteiger charge is -2.32. The quantitative estimate of drug-likeness (QED) is 0.786. The maximum absolute atomic E-state index is 12.5. The fraction of sp³-hybridized carbons (Fsp3) is 0.500. The Morgan fingerprint density at radius 1 is 1.29 bits per heavy atom. The number of para-hydroxylation sites is 1. The van der Waals surface area contributed by atoms with Crippen molar-refractivity contribution in [2.75, 3.05) is 26.2 Å². The Bertz CT molecular complexity index is 790. The SMILES string of the molecule is CC(C)CNC(=O)c1cn([C@H]2CCCN(C(=O)COc3ccccc3)C2)nn1. The third-order valence-electron chi connectivity index (χ3n) is 4.64. The minimum absolute atomic E-state index is 0.00794. The van der Waals surface area contributed by atoms with Gasteiger partial charge in [-0.3, -0.25) is 9.59 Å². The average Bonchev–Trinajstić information content (AvgIpc) is 3.21. The molecule has 0 aliphatic carbocycles. The first-order valence-electron chi connectivity index (χ1n) is 9.68. The van der Waals surface area contributed by atoms with Crippen LogP contribution in [-0.2, 0) is 4.79 Å². The standard InChI is InChI=1S/C20H27N5O3/c1-15(2)11-21-20(27)18-13-25(23-22-18)16-7-6-10-24(12-16)19(26)14-28-17-8-4-3-5-9-17/h3-5,8-9,13,15-16H,6-7,10-12,14H2,1-2H3,(H,21,27)/t16-/m0/s1. The number of nitrogens with one attached hydrogen (secondary N) is 1. The number of carbonyl (C=O) groups excluding carboxylic acids is 2. The first-order valence-corrected chi connectivity index (χ1v) is 9.68. The second kappa shape index (κ2) is 9.34. The van der Waals surface area contributed by atoms with E-state index in [1.165, 1.54) is 0 Å². The van der Waals surface area contributed by atoms with Crippen molar-refractivity contribution in [2.24, 2.45) is 5.92 Å². The maximum atomic E-state index is 12.5. The van der Waals surface area contributed by atoms with Crippen LogP contribution in [-0.4, -0.2) is 57.9 Å². The van der Waals surface area contributed by atoms with Crippen LogP contribution in [0.3, 0.4) is 0 Å². The number of hydrogen-bond acceptors (Lipinski definition) is 5. The van der Waals surface area contributed by atoms with Gasteiger partial charge in [-0.1, -0.05) is 37.3 Å². The van der Waals surface area contributed by atoms with E-state index < -0.39 is 0 Å². The van der Waals surface area contributed by atoms with E-state index >= 15 is 0 Å². The zero-order chi connectivity index (χ0) is 19.9. The number of benzene rings is 1. The number of rotatable bonds is 7. The molecular weight excluding hydrogens is 358 g/mol. The zero-order valence-electron chi connectivity index (χ0n) is 16.4. The van der Waals surface area contributed by atoms with Crippen molar-refractivity contribution in [1.29, 1.82) is 0 Å². The van der Waals surface area contributed by atoms with Crippen LogP contribution in [0, 0.1) is 5.92 Å². The van der Waals surface area contributed by atoms with Crippen LogP contribution >= 0.6 is 0 Å². The average molecular weight is 385 g/mol. The third kappa shape index (κ3) is 5.31. The van der Waals surface area contributed by atoms with Gasteiger partial charge in [0.25, 0.3) is 11.8 Å². The largest absolute Gasteiger partial charge is 0.484 e. The molecule has 1 N–H and O–H groups in total. The number of aromatic nitrogens is 3. The summed E-state index contributed by atoms with van der Waals surface area (Å²) in [7, 11) is 0. The number of carbonyl (C=O) groups is 2. The summed E-state index contributed by atoms with van der Waals surface area (Å²) >= 11 is 0. The van der Waals surface area contributed by atoms with Gasteiger partial charge in [0.15, 0.2) is 12.3 Å². The molecule has 1 atom stereocenters. The van der Waals surface area contributed by atoms with Gasteiger partial charge in [0.1, 0.15) is 5.75 Å². The Morgan fingerprint density at radius 3 is 2.82 bits per heavy atom. The number of hydrogen-bond donors (Lipinski definition) is 1. The lowest BCUT2D eigenvalue weighted by atomic mass is 10.1. The van der Waals surface area contributed by atoms with E-state index in [4.69, 9.17) is 4.74 Å². The summed E-state index contributed by atoms with van der Waals surface area (Å²) in [5, 5.41) is 10.9. The Labute approximate surface area is 164 Å². The highest BCUT2D eigenvalue weighted by Gasteiger charge is 2.26. The first kappa shape index (κ1) is 19.9. The molecule has 2 heterocycles. The van der Waals surface area contributed by atoms with Crippen molar-refractivity contribution < 1.29 is 14.3 Å². The number of likely N-dealkylation sites (tertiary alicyclic amines) is 1. The molecule has 0 radical (unpaired) electrons. The molecular formula is C20H27N5O3. The van der Waals surface area contributed by atoms with E-state index in [-0.39, 0.29) is 24.5 Å². The second-order valence-electron chi connectivity index (χ2n) is 7.43. The van der Waals surface area contributed by atoms with E-state index in [2.05, 4.69) is 15.6 Å². The number of ether oxygens (including phenoxy) is 1. The minimum Gasteiger partial charge on any atom is -0.484 e. The molecule has 2 amide bonds. The zero-order valence-corrected chi connectivity index (χ0v) is 16.4. The van der Waals surface area contributed by atoms with E-state index in [1.54, 1.807) is 15.8 Å². The molecule has 1 aromatic heterocycles. The van der Waals surface area contributed by atoms with Crippen LogP contribution in [0.5, 0.6) is 5.75 Å². The summed E-state index contributed by atoms with van der Waals surface area (Å²) in [6, 6.07) is 9.31. The Balaban J connectivity index is 1.54. The summed E-state index contributed by atoms with van der Waals surface area (Å²) in [4.78, 5) is 26.4. The van der Waals surface area contributed by atoms with Gasteiger partial charge in [-0.15, -0.1) is 5.10 Å². The Hall–Kier alpha value is -2.90. The normalized spacial score (nSPS) is 16.8. The van der Waals surface area contributed by atoms with Crippen molar-refractivity contribution in [2.45, 2.75) is 32.7 Å². The van der Waals surface area contributed by atoms with Crippen LogP contribution in [0.25, 0.3) is 0 Å². The molecule has 1 aliphatic rings. The van der Waals surface area contributed by atoms with Crippen molar-refractivity contribution in [3.63, 3.8) is 0 Å². The molecule has 3 rings (SSSR count). The predicted octanol–water partition coefficient (Wildman–Crippen LogP) is 1.91. The van der Waals surface area contributed by atoms with Crippen LogP contribution in [0.15, 0.2) is 36.5 Å². The van der Waals surface area contributed by atoms with Crippen LogP contribution in [0.2, 0.25) is 0 Å². The van der Waals surface area contributed by atoms with Gasteiger partial charge < -0.3 is 15.0 Å². The fourth-order valence-corrected chi connectivity index (χ4v) is 3.10. The molecule has 1 saturated heterocycles. The van der Waals surface area contributed by atoms with Crippen molar-refractivity contribution in [1.82, 2.24) is 25.2 Å². The third-order valence-corrected chi connectivity index (χ3v) is 4.64. The highest BCUT2D eigenvalue weighted by atomic mass is 16.5. The molecule has 150 valence electrons. The summed E-state index contributed by atoms with van der Waals surface area (Å²) < 4.78 is 7.26. The summed E-state index contributed by atoms with van der Waals surface area (Å²) in [5.74, 6) is 0.774. The highest BCUT2D eigenvalue weighted by molar-refractivity contribution is 5.91. The second-order valence-corrected chi connectivity index (χ2v) is 7.43. The summed E-state index contributed by atoms with van der Waals surface area (Å²) in [5.41, 5.74) is 0.302. The van der Waals surface area contributed by atoms with Gasteiger partial charge in [0, 0.05) is 19.6 Å². The lowest BCUT2D eigenvalue weighted by Crippen LogP contribution is -2.43. The van der Waals surface area contributed by atoms with Gasteiger partial charge >= 0.3 is 0 Å². The minimum atomic E-state index is -0.222. The van der Waals surface area contributed by atoms with Gasteiger partial charge in [-0.2, -0.15) is 0 Å². The molecule has 1 aromatic carbocycles. The molecule has 0 saturated carbocycles. The van der Waals surface area contributed by atoms with Crippen LogP contribution in [0.1, 0.15) is 43.2 Å². The first-order chi connectivity index (χ1) is 13.5. The molecule has 8 heteroatoms. The van der Waals surface area contributed by atoms with Gasteiger partial charge in [-0.25, -0.2) is 4.68 Å². The van der Waals surface area contributed by atoms with Crippen molar-refractivity contribution >= 4 is 11.8 Å². The maximum Gasteiger partial charge on any atom is 0.273 e. The number of piperidine rings is 1. The smallest absolute Gasteiger partial charge is 0.273 e. The molecule has 8 nitrogen and oxygen atoms in total. The number of amides is 2. The van der Waals surface area contributed by atoms with Crippen LogP contribution in [0.4, 0.5) is 0 Å². The molecule has 0 unspecified atom stereocenters. The molecule has 0 spiro atoms. The van der Waals surface area contributed by atoms with E-state index in [1.807, 2.05) is 44.2 Å². The van der Waals surface area contributed by atoms with Crippen molar-refractivity contribution in [3.8, 4) is 5.75 Å². The van der Waals surface area contributed by atoms with Crippen LogP contribution < -0.4 is 10.1 Å². The molecule has 1 fully saturated rings. The summed E-state index contributed by atoms with van der Waals surface area (Å²) in [6.45, 7) is 5.91. The van der Waals surface area contributed by atoms with Crippen molar-refractivity contribution in [3.05, 3.63) is 42.2 Å². The van der Waals surface area contributed by atoms with Gasteiger partial charge in [-0.05, 0) is 30.9 Å². The predicted molar refractivity (Wildman–Crippen MR) is 104 cm³/mol. The molecule has 0 bridgehead atoms. The molecule has 1 aliphatic heterocycles. The van der Waals surface area contributed by atoms with Gasteiger partial charge in [0.05, 0.1) is 12.2 Å². The summed E-state index contributed by atoms with van der Waals surface area (Å²) in [6.07, 6.45) is 3.42. The molecule has 2 aromatic rings. The fourth-order valence-electron chi connectivity index (χ4n) is 3.10. The number of nitrogens with zero attached hydrogens (tertiary/aromatic N) is 4. The van der Waals surface area contributed by atoms with E-state index in [0.29, 0.717) is 37.0 Å². The monoisotopic (exact) mass is 385 g/mol. The highest BCUT2D eigenvalue weighted by Crippen LogP contribution is 2.21. The van der Waals surface area contributed by atoms with E-state index in [0.717, 1.165) is 12.8 Å². The van der Waals surface area contributed by atoms with E-state index in [9.17, 15) is 9.59 Å². The van der Waals surface area contributed by atoms with Gasteiger partial charge in [0.2, 0.25) is 0 Å².